The maximum atomic E-state index is 6.45. The predicted molar refractivity (Wildman–Crippen MR) is 86.5 cm³/mol. The highest BCUT2D eigenvalue weighted by molar-refractivity contribution is 6.36. The summed E-state index contributed by atoms with van der Waals surface area (Å²) in [6.45, 7) is 8.49. The fourth-order valence-electron chi connectivity index (χ4n) is 2.97. The van der Waals surface area contributed by atoms with E-state index in [-0.39, 0.29) is 5.41 Å². The number of benzene rings is 1. The lowest BCUT2D eigenvalue weighted by atomic mass is 9.73. The van der Waals surface area contributed by atoms with Crippen LogP contribution in [0.4, 0.5) is 0 Å². The van der Waals surface area contributed by atoms with Gasteiger partial charge in [-0.1, -0.05) is 62.9 Å². The molecule has 0 amide bonds. The molecule has 19 heavy (non-hydrogen) atoms. The van der Waals surface area contributed by atoms with Crippen LogP contribution in [0.2, 0.25) is 10.0 Å². The summed E-state index contributed by atoms with van der Waals surface area (Å²) in [5.74, 6) is 0. The fraction of sp³-hybridized carbons (Fsp3) is 0.625. The molecule has 1 rings (SSSR count). The summed E-state index contributed by atoms with van der Waals surface area (Å²) in [5, 5.41) is 5.09. The van der Waals surface area contributed by atoms with Gasteiger partial charge in [-0.15, -0.1) is 0 Å². The second kappa shape index (κ2) is 8.14. The van der Waals surface area contributed by atoms with E-state index in [1.165, 1.54) is 0 Å². The van der Waals surface area contributed by atoms with E-state index in [4.69, 9.17) is 23.2 Å². The molecule has 0 aliphatic carbocycles. The maximum absolute atomic E-state index is 6.45. The van der Waals surface area contributed by atoms with Gasteiger partial charge in [0.15, 0.2) is 0 Å². The minimum Gasteiger partial charge on any atom is -0.316 e. The van der Waals surface area contributed by atoms with Crippen molar-refractivity contribution in [3.8, 4) is 0 Å². The number of hydrogen-bond donors (Lipinski definition) is 1. The lowest BCUT2D eigenvalue weighted by Gasteiger charge is -2.36. The van der Waals surface area contributed by atoms with E-state index in [2.05, 4.69) is 26.1 Å². The van der Waals surface area contributed by atoms with Gasteiger partial charge in [-0.2, -0.15) is 0 Å². The lowest BCUT2D eigenvalue weighted by Crippen LogP contribution is -2.38. The van der Waals surface area contributed by atoms with E-state index in [1.807, 2.05) is 18.2 Å². The average Bonchev–Trinajstić information content (AvgIpc) is 2.36. The van der Waals surface area contributed by atoms with E-state index in [9.17, 15) is 0 Å². The smallest absolute Gasteiger partial charge is 0.0459 e. The first-order valence-electron chi connectivity index (χ1n) is 7.26. The molecule has 0 aliphatic rings. The molecule has 0 aliphatic heterocycles. The molecule has 108 valence electrons. The van der Waals surface area contributed by atoms with Crippen LogP contribution in [-0.2, 0) is 5.41 Å². The minimum absolute atomic E-state index is 0.0505. The Labute approximate surface area is 127 Å². The zero-order valence-electron chi connectivity index (χ0n) is 12.2. The Morgan fingerprint density at radius 2 is 1.53 bits per heavy atom. The van der Waals surface area contributed by atoms with Crippen molar-refractivity contribution < 1.29 is 0 Å². The lowest BCUT2D eigenvalue weighted by molar-refractivity contribution is 0.338. The second-order valence-electron chi connectivity index (χ2n) is 5.16. The third-order valence-electron chi connectivity index (χ3n) is 3.66. The Bertz CT molecular complexity index is 364. The molecule has 0 saturated carbocycles. The van der Waals surface area contributed by atoms with Gasteiger partial charge in [-0.05, 0) is 37.1 Å². The molecular weight excluding hydrogens is 277 g/mol. The van der Waals surface area contributed by atoms with Gasteiger partial charge in [0.25, 0.3) is 0 Å². The number of rotatable bonds is 8. The quantitative estimate of drug-likeness (QED) is 0.674. The molecule has 0 radical (unpaired) electrons. The SMILES string of the molecule is CCCC(CCC)(CNCC)c1c(Cl)cccc1Cl. The summed E-state index contributed by atoms with van der Waals surface area (Å²) < 4.78 is 0. The topological polar surface area (TPSA) is 12.0 Å². The first-order chi connectivity index (χ1) is 9.11. The van der Waals surface area contributed by atoms with Crippen molar-refractivity contribution >= 4 is 23.2 Å². The van der Waals surface area contributed by atoms with Crippen LogP contribution < -0.4 is 5.32 Å². The predicted octanol–water partition coefficient (Wildman–Crippen LogP) is 5.44. The van der Waals surface area contributed by atoms with Crippen molar-refractivity contribution in [1.29, 1.82) is 0 Å². The van der Waals surface area contributed by atoms with Crippen molar-refractivity contribution in [3.05, 3.63) is 33.8 Å². The molecule has 1 aromatic carbocycles. The zero-order chi connectivity index (χ0) is 14.3. The van der Waals surface area contributed by atoms with Crippen LogP contribution in [0.1, 0.15) is 52.0 Å². The highest BCUT2D eigenvalue weighted by Crippen LogP contribution is 2.41. The van der Waals surface area contributed by atoms with Crippen molar-refractivity contribution in [3.63, 3.8) is 0 Å². The van der Waals surface area contributed by atoms with E-state index in [0.29, 0.717) is 0 Å². The molecule has 0 fully saturated rings. The van der Waals surface area contributed by atoms with Crippen LogP contribution in [0.25, 0.3) is 0 Å². The van der Waals surface area contributed by atoms with E-state index in [0.717, 1.165) is 54.4 Å². The van der Waals surface area contributed by atoms with Crippen molar-refractivity contribution in [2.75, 3.05) is 13.1 Å². The molecular formula is C16H25Cl2N. The second-order valence-corrected chi connectivity index (χ2v) is 5.97. The standard InChI is InChI=1S/C16H25Cl2N/c1-4-10-16(11-5-2,12-19-6-3)15-13(17)8-7-9-14(15)18/h7-9,19H,4-6,10-12H2,1-3H3. The van der Waals surface area contributed by atoms with Gasteiger partial charge in [0.1, 0.15) is 0 Å². The molecule has 0 aromatic heterocycles. The molecule has 1 N–H and O–H groups in total. The number of nitrogens with one attached hydrogen (secondary N) is 1. The highest BCUT2D eigenvalue weighted by atomic mass is 35.5. The largest absolute Gasteiger partial charge is 0.316 e. The van der Waals surface area contributed by atoms with Gasteiger partial charge in [-0.25, -0.2) is 0 Å². The van der Waals surface area contributed by atoms with Gasteiger partial charge >= 0.3 is 0 Å². The molecule has 1 nitrogen and oxygen atoms in total. The van der Waals surface area contributed by atoms with Gasteiger partial charge in [0, 0.05) is 22.0 Å². The third-order valence-corrected chi connectivity index (χ3v) is 4.29. The highest BCUT2D eigenvalue weighted by Gasteiger charge is 2.33. The summed E-state index contributed by atoms with van der Waals surface area (Å²) in [7, 11) is 0. The Morgan fingerprint density at radius 3 is 1.95 bits per heavy atom. The van der Waals surface area contributed by atoms with Gasteiger partial charge < -0.3 is 5.32 Å². The fourth-order valence-corrected chi connectivity index (χ4v) is 3.76. The Hall–Kier alpha value is -0.240. The van der Waals surface area contributed by atoms with Crippen LogP contribution >= 0.6 is 23.2 Å². The molecule has 0 spiro atoms. The number of likely N-dealkylation sites (N-methyl/N-ethyl adjacent to an activating group) is 1. The summed E-state index contributed by atoms with van der Waals surface area (Å²) in [5.41, 5.74) is 1.18. The van der Waals surface area contributed by atoms with Crippen molar-refractivity contribution in [1.82, 2.24) is 5.32 Å². The molecule has 0 unspecified atom stereocenters. The Balaban J connectivity index is 3.25. The molecule has 0 atom stereocenters. The summed E-state index contributed by atoms with van der Waals surface area (Å²) in [4.78, 5) is 0. The first kappa shape index (κ1) is 16.8. The zero-order valence-corrected chi connectivity index (χ0v) is 13.7. The number of hydrogen-bond acceptors (Lipinski definition) is 1. The monoisotopic (exact) mass is 301 g/mol. The van der Waals surface area contributed by atoms with Crippen LogP contribution in [0.15, 0.2) is 18.2 Å². The van der Waals surface area contributed by atoms with Crippen LogP contribution in [0, 0.1) is 0 Å². The van der Waals surface area contributed by atoms with Crippen molar-refractivity contribution in [2.45, 2.75) is 51.9 Å². The van der Waals surface area contributed by atoms with Gasteiger partial charge in [-0.3, -0.25) is 0 Å². The van der Waals surface area contributed by atoms with Crippen molar-refractivity contribution in [2.24, 2.45) is 0 Å². The molecule has 0 heterocycles. The number of halogens is 2. The van der Waals surface area contributed by atoms with Gasteiger partial charge in [0.05, 0.1) is 0 Å². The summed E-state index contributed by atoms with van der Waals surface area (Å²) >= 11 is 12.9. The molecule has 0 saturated heterocycles. The average molecular weight is 302 g/mol. The minimum atomic E-state index is 0.0505. The first-order valence-corrected chi connectivity index (χ1v) is 8.02. The summed E-state index contributed by atoms with van der Waals surface area (Å²) in [6.07, 6.45) is 4.48. The molecule has 0 bridgehead atoms. The Morgan fingerprint density at radius 1 is 1.00 bits per heavy atom. The van der Waals surface area contributed by atoms with E-state index in [1.54, 1.807) is 0 Å². The Kier molecular flexibility index (Phi) is 7.20. The summed E-state index contributed by atoms with van der Waals surface area (Å²) in [6, 6.07) is 5.83. The van der Waals surface area contributed by atoms with Crippen LogP contribution in [0.3, 0.4) is 0 Å². The van der Waals surface area contributed by atoms with Gasteiger partial charge in [0.2, 0.25) is 0 Å². The maximum Gasteiger partial charge on any atom is 0.0459 e. The van der Waals surface area contributed by atoms with Crippen LogP contribution in [-0.4, -0.2) is 13.1 Å². The third kappa shape index (κ3) is 4.11. The van der Waals surface area contributed by atoms with E-state index >= 15 is 0 Å². The normalized spacial score (nSPS) is 11.8. The van der Waals surface area contributed by atoms with Crippen LogP contribution in [0.5, 0.6) is 0 Å². The molecule has 3 heteroatoms. The molecule has 1 aromatic rings. The van der Waals surface area contributed by atoms with E-state index < -0.39 is 0 Å².